The van der Waals surface area contributed by atoms with E-state index in [0.717, 1.165) is 24.4 Å². The summed E-state index contributed by atoms with van der Waals surface area (Å²) in [6.45, 7) is 1.67. The lowest BCUT2D eigenvalue weighted by Gasteiger charge is -2.07. The van der Waals surface area contributed by atoms with E-state index in [4.69, 9.17) is 9.84 Å². The average Bonchev–Trinajstić information content (AvgIpc) is 2.85. The van der Waals surface area contributed by atoms with Crippen molar-refractivity contribution in [3.8, 4) is 11.4 Å². The van der Waals surface area contributed by atoms with Crippen LogP contribution in [0.4, 0.5) is 0 Å². The van der Waals surface area contributed by atoms with Crippen molar-refractivity contribution >= 4 is 5.97 Å². The maximum atomic E-state index is 10.5. The molecule has 7 heteroatoms. The molecule has 0 aliphatic rings. The summed E-state index contributed by atoms with van der Waals surface area (Å²) in [6, 6.07) is 7.00. The first kappa shape index (κ1) is 13.0. The number of rotatable bonds is 6. The normalized spacial score (nSPS) is 10.4. The van der Waals surface area contributed by atoms with Crippen molar-refractivity contribution in [1.82, 2.24) is 20.2 Å². The standard InChI is InChI=1S/C12H14N4O3/c1-2-4-11-13-14-15-16(11)9-5-3-6-10(7-9)19-8-12(17)18/h3,5-7H,2,4,8H2,1H3,(H,17,18). The molecule has 19 heavy (non-hydrogen) atoms. The molecule has 1 aromatic heterocycles. The first-order valence-corrected chi connectivity index (χ1v) is 5.93. The molecule has 0 aliphatic carbocycles. The van der Waals surface area contributed by atoms with Crippen LogP contribution in [0.25, 0.3) is 5.69 Å². The zero-order valence-corrected chi connectivity index (χ0v) is 10.5. The Labute approximate surface area is 109 Å². The van der Waals surface area contributed by atoms with Crippen molar-refractivity contribution < 1.29 is 14.6 Å². The van der Waals surface area contributed by atoms with Gasteiger partial charge in [-0.3, -0.25) is 0 Å². The van der Waals surface area contributed by atoms with Gasteiger partial charge in [-0.2, -0.15) is 4.68 Å². The number of carboxylic acid groups (broad SMARTS) is 1. The molecule has 0 spiro atoms. The van der Waals surface area contributed by atoms with Crippen LogP contribution in [0, 0.1) is 0 Å². The Bertz CT molecular complexity index is 568. The Morgan fingerprint density at radius 3 is 3.05 bits per heavy atom. The fraction of sp³-hybridized carbons (Fsp3) is 0.333. The van der Waals surface area contributed by atoms with Crippen LogP contribution < -0.4 is 4.74 Å². The largest absolute Gasteiger partial charge is 0.482 e. The predicted molar refractivity (Wildman–Crippen MR) is 66.3 cm³/mol. The predicted octanol–water partition coefficient (Wildman–Crippen LogP) is 1.08. The van der Waals surface area contributed by atoms with Gasteiger partial charge in [0.2, 0.25) is 0 Å². The molecule has 100 valence electrons. The highest BCUT2D eigenvalue weighted by molar-refractivity contribution is 5.68. The lowest BCUT2D eigenvalue weighted by molar-refractivity contribution is -0.139. The smallest absolute Gasteiger partial charge is 0.341 e. The van der Waals surface area contributed by atoms with Gasteiger partial charge in [0.15, 0.2) is 12.4 Å². The van der Waals surface area contributed by atoms with Crippen molar-refractivity contribution in [3.05, 3.63) is 30.1 Å². The molecule has 0 saturated heterocycles. The molecule has 1 heterocycles. The lowest BCUT2D eigenvalue weighted by Crippen LogP contribution is -2.10. The van der Waals surface area contributed by atoms with Gasteiger partial charge < -0.3 is 9.84 Å². The van der Waals surface area contributed by atoms with Crippen molar-refractivity contribution in [2.75, 3.05) is 6.61 Å². The fourth-order valence-electron chi connectivity index (χ4n) is 1.64. The minimum Gasteiger partial charge on any atom is -0.482 e. The summed E-state index contributed by atoms with van der Waals surface area (Å²) in [5.74, 6) is 0.218. The molecule has 0 atom stereocenters. The van der Waals surface area contributed by atoms with Gasteiger partial charge in [0.05, 0.1) is 5.69 Å². The highest BCUT2D eigenvalue weighted by Gasteiger charge is 2.08. The van der Waals surface area contributed by atoms with Gasteiger partial charge >= 0.3 is 5.97 Å². The topological polar surface area (TPSA) is 90.1 Å². The van der Waals surface area contributed by atoms with E-state index in [1.807, 2.05) is 13.0 Å². The lowest BCUT2D eigenvalue weighted by atomic mass is 10.3. The summed E-state index contributed by atoms with van der Waals surface area (Å²) in [4.78, 5) is 10.5. The number of ether oxygens (including phenoxy) is 1. The van der Waals surface area contributed by atoms with Crippen molar-refractivity contribution in [2.24, 2.45) is 0 Å². The van der Waals surface area contributed by atoms with Gasteiger partial charge in [0.25, 0.3) is 0 Å². The number of hydrogen-bond donors (Lipinski definition) is 1. The number of aryl methyl sites for hydroxylation is 1. The first-order valence-electron chi connectivity index (χ1n) is 5.93. The van der Waals surface area contributed by atoms with Crippen LogP contribution in [-0.2, 0) is 11.2 Å². The molecular weight excluding hydrogens is 248 g/mol. The van der Waals surface area contributed by atoms with Crippen LogP contribution in [0.5, 0.6) is 5.75 Å². The maximum absolute atomic E-state index is 10.5. The zero-order chi connectivity index (χ0) is 13.7. The molecule has 2 rings (SSSR count). The Morgan fingerprint density at radius 2 is 2.32 bits per heavy atom. The number of carboxylic acids is 1. The van der Waals surface area contributed by atoms with Gasteiger partial charge in [-0.25, -0.2) is 4.79 Å². The number of nitrogens with zero attached hydrogens (tertiary/aromatic N) is 4. The third-order valence-corrected chi connectivity index (χ3v) is 2.43. The Kier molecular flexibility index (Phi) is 4.07. The molecule has 0 radical (unpaired) electrons. The van der Waals surface area contributed by atoms with Gasteiger partial charge in [-0.15, -0.1) is 5.10 Å². The number of aliphatic carboxylic acids is 1. The second-order valence-electron chi connectivity index (χ2n) is 3.94. The molecule has 1 N–H and O–H groups in total. The Hall–Kier alpha value is -2.44. The van der Waals surface area contributed by atoms with Gasteiger partial charge in [0, 0.05) is 12.5 Å². The van der Waals surface area contributed by atoms with Crippen molar-refractivity contribution in [2.45, 2.75) is 19.8 Å². The Balaban J connectivity index is 2.22. The van der Waals surface area contributed by atoms with E-state index in [1.165, 1.54) is 0 Å². The highest BCUT2D eigenvalue weighted by Crippen LogP contribution is 2.17. The second-order valence-corrected chi connectivity index (χ2v) is 3.94. The molecule has 0 amide bonds. The van der Waals surface area contributed by atoms with Crippen LogP contribution in [0.3, 0.4) is 0 Å². The number of aromatic nitrogens is 4. The van der Waals surface area contributed by atoms with E-state index in [2.05, 4.69) is 15.5 Å². The molecular formula is C12H14N4O3. The second kappa shape index (κ2) is 5.94. The average molecular weight is 262 g/mol. The number of benzene rings is 1. The number of hydrogen-bond acceptors (Lipinski definition) is 5. The van der Waals surface area contributed by atoms with Gasteiger partial charge in [-0.1, -0.05) is 13.0 Å². The van der Waals surface area contributed by atoms with Crippen molar-refractivity contribution in [1.29, 1.82) is 0 Å². The third kappa shape index (κ3) is 3.27. The van der Waals surface area contributed by atoms with Gasteiger partial charge in [0.1, 0.15) is 5.75 Å². The van der Waals surface area contributed by atoms with Crippen LogP contribution in [-0.4, -0.2) is 37.9 Å². The number of carbonyl (C=O) groups is 1. The highest BCUT2D eigenvalue weighted by atomic mass is 16.5. The molecule has 0 unspecified atom stereocenters. The molecule has 7 nitrogen and oxygen atoms in total. The molecule has 0 aliphatic heterocycles. The number of tetrazole rings is 1. The quantitative estimate of drug-likeness (QED) is 0.837. The molecule has 1 aromatic carbocycles. The fourth-order valence-corrected chi connectivity index (χ4v) is 1.64. The summed E-state index contributed by atoms with van der Waals surface area (Å²) < 4.78 is 6.75. The molecule has 2 aromatic rings. The minimum absolute atomic E-state index is 0.374. The monoisotopic (exact) mass is 262 g/mol. The molecule has 0 saturated carbocycles. The van der Waals surface area contributed by atoms with Crippen LogP contribution in [0.2, 0.25) is 0 Å². The zero-order valence-electron chi connectivity index (χ0n) is 10.5. The SMILES string of the molecule is CCCc1nnnn1-c1cccc(OCC(=O)O)c1. The summed E-state index contributed by atoms with van der Waals surface area (Å²) in [6.07, 6.45) is 1.71. The minimum atomic E-state index is -1.01. The van der Waals surface area contributed by atoms with Crippen molar-refractivity contribution in [3.63, 3.8) is 0 Å². The first-order chi connectivity index (χ1) is 9.20. The van der Waals surface area contributed by atoms with Gasteiger partial charge in [-0.05, 0) is 29.0 Å². The van der Waals surface area contributed by atoms with E-state index in [1.54, 1.807) is 22.9 Å². The van der Waals surface area contributed by atoms with E-state index in [9.17, 15) is 4.79 Å². The van der Waals surface area contributed by atoms with Crippen LogP contribution in [0.15, 0.2) is 24.3 Å². The van der Waals surface area contributed by atoms with E-state index in [0.29, 0.717) is 5.75 Å². The molecule has 0 bridgehead atoms. The van der Waals surface area contributed by atoms with Crippen LogP contribution >= 0.6 is 0 Å². The third-order valence-electron chi connectivity index (χ3n) is 2.43. The van der Waals surface area contributed by atoms with E-state index in [-0.39, 0.29) is 6.61 Å². The maximum Gasteiger partial charge on any atom is 0.341 e. The van der Waals surface area contributed by atoms with Crippen LogP contribution in [0.1, 0.15) is 19.2 Å². The Morgan fingerprint density at radius 1 is 1.47 bits per heavy atom. The van der Waals surface area contributed by atoms with E-state index >= 15 is 0 Å². The summed E-state index contributed by atoms with van der Waals surface area (Å²) in [5.41, 5.74) is 0.747. The molecule has 0 fully saturated rings. The summed E-state index contributed by atoms with van der Waals surface area (Å²) >= 11 is 0. The van der Waals surface area contributed by atoms with E-state index < -0.39 is 5.97 Å². The summed E-state index contributed by atoms with van der Waals surface area (Å²) in [5, 5.41) is 20.1. The summed E-state index contributed by atoms with van der Waals surface area (Å²) in [7, 11) is 0.